The molecule has 1 heterocycles. The van der Waals surface area contributed by atoms with Gasteiger partial charge in [0.2, 0.25) is 15.0 Å². The largest absolute Gasteiger partial charge is 0.497 e. The Morgan fingerprint density at radius 3 is 2.87 bits per heavy atom. The van der Waals surface area contributed by atoms with Gasteiger partial charge in [0, 0.05) is 19.1 Å². The SMILES string of the molecule is C=CCN(Cc1cnc(S(=O)(=O)Cc2cccc(OC)c2)n1C1CC1)C(=S)NCC. The van der Waals surface area contributed by atoms with Gasteiger partial charge in [-0.1, -0.05) is 18.2 Å². The predicted molar refractivity (Wildman–Crippen MR) is 121 cm³/mol. The van der Waals surface area contributed by atoms with Gasteiger partial charge in [0.15, 0.2) is 5.11 Å². The van der Waals surface area contributed by atoms with E-state index in [2.05, 4.69) is 16.9 Å². The Morgan fingerprint density at radius 2 is 2.23 bits per heavy atom. The molecule has 1 saturated carbocycles. The molecule has 1 aliphatic rings. The molecular formula is C21H28N4O3S2. The number of hydrogen-bond donors (Lipinski definition) is 1. The maximum Gasteiger partial charge on any atom is 0.228 e. The molecule has 1 aromatic heterocycles. The molecule has 0 atom stereocenters. The minimum atomic E-state index is -3.62. The minimum Gasteiger partial charge on any atom is -0.497 e. The summed E-state index contributed by atoms with van der Waals surface area (Å²) in [4.78, 5) is 6.29. The summed E-state index contributed by atoms with van der Waals surface area (Å²) in [5, 5.41) is 3.88. The Hall–Kier alpha value is -2.39. The van der Waals surface area contributed by atoms with Crippen molar-refractivity contribution in [2.75, 3.05) is 20.2 Å². The highest BCUT2D eigenvalue weighted by molar-refractivity contribution is 7.90. The van der Waals surface area contributed by atoms with Crippen molar-refractivity contribution in [3.05, 3.63) is 54.4 Å². The standard InChI is InChI=1S/C21H28N4O3S2/c1-4-11-24(20(29)22-5-2)14-18-13-23-21(25(18)17-9-10-17)30(26,27)15-16-7-6-8-19(12-16)28-3/h4,6-8,12-13,17H,1,5,9-11,14-15H2,2-3H3,(H,22,29). The van der Waals surface area contributed by atoms with E-state index in [1.54, 1.807) is 43.6 Å². The second-order valence-corrected chi connectivity index (χ2v) is 9.52. The molecule has 0 radical (unpaired) electrons. The highest BCUT2D eigenvalue weighted by Crippen LogP contribution is 2.39. The zero-order valence-electron chi connectivity index (χ0n) is 17.4. The van der Waals surface area contributed by atoms with E-state index in [0.29, 0.717) is 36.1 Å². The van der Waals surface area contributed by atoms with Crippen molar-refractivity contribution >= 4 is 27.2 Å². The number of nitrogens with zero attached hydrogens (tertiary/aromatic N) is 3. The molecule has 1 aliphatic carbocycles. The van der Waals surface area contributed by atoms with E-state index < -0.39 is 9.84 Å². The van der Waals surface area contributed by atoms with Crippen molar-refractivity contribution in [1.82, 2.24) is 19.8 Å². The van der Waals surface area contributed by atoms with Crippen LogP contribution in [0.1, 0.15) is 37.1 Å². The molecule has 3 rings (SSSR count). The lowest BCUT2D eigenvalue weighted by Gasteiger charge is -2.25. The first-order valence-electron chi connectivity index (χ1n) is 9.95. The van der Waals surface area contributed by atoms with Crippen LogP contribution in [-0.4, -0.2) is 48.2 Å². The molecule has 2 aromatic rings. The van der Waals surface area contributed by atoms with E-state index in [4.69, 9.17) is 17.0 Å². The van der Waals surface area contributed by atoms with Crippen molar-refractivity contribution in [2.45, 2.75) is 43.3 Å². The zero-order chi connectivity index (χ0) is 21.7. The molecule has 0 unspecified atom stereocenters. The predicted octanol–water partition coefficient (Wildman–Crippen LogP) is 3.08. The van der Waals surface area contributed by atoms with Gasteiger partial charge >= 0.3 is 0 Å². The third-order valence-electron chi connectivity index (χ3n) is 4.84. The molecule has 0 saturated heterocycles. The van der Waals surface area contributed by atoms with Crippen LogP contribution in [0.3, 0.4) is 0 Å². The molecule has 0 aliphatic heterocycles. The van der Waals surface area contributed by atoms with Crippen LogP contribution in [0.5, 0.6) is 5.75 Å². The van der Waals surface area contributed by atoms with E-state index in [1.807, 2.05) is 16.4 Å². The number of aromatic nitrogens is 2. The summed E-state index contributed by atoms with van der Waals surface area (Å²) in [5.74, 6) is 0.505. The lowest BCUT2D eigenvalue weighted by atomic mass is 10.2. The average molecular weight is 449 g/mol. The zero-order valence-corrected chi connectivity index (χ0v) is 19.0. The average Bonchev–Trinajstić information content (AvgIpc) is 3.46. The van der Waals surface area contributed by atoms with E-state index in [-0.39, 0.29) is 17.0 Å². The number of rotatable bonds is 10. The Kier molecular flexibility index (Phi) is 7.14. The lowest BCUT2D eigenvalue weighted by molar-refractivity contribution is 0.414. The highest BCUT2D eigenvalue weighted by atomic mass is 32.2. The fourth-order valence-corrected chi connectivity index (χ4v) is 5.14. The maximum absolute atomic E-state index is 13.2. The quantitative estimate of drug-likeness (QED) is 0.442. The van der Waals surface area contributed by atoms with Crippen molar-refractivity contribution in [3.8, 4) is 5.75 Å². The number of hydrogen-bond acceptors (Lipinski definition) is 5. The molecule has 1 fully saturated rings. The molecular weight excluding hydrogens is 420 g/mol. The third-order valence-corrected chi connectivity index (χ3v) is 6.81. The molecule has 162 valence electrons. The fourth-order valence-electron chi connectivity index (χ4n) is 3.33. The lowest BCUT2D eigenvalue weighted by Crippen LogP contribution is -2.39. The summed E-state index contributed by atoms with van der Waals surface area (Å²) in [7, 11) is -2.06. The number of nitrogens with one attached hydrogen (secondary N) is 1. The first kappa shape index (κ1) is 22.3. The van der Waals surface area contributed by atoms with E-state index in [1.165, 1.54) is 0 Å². The first-order chi connectivity index (χ1) is 14.4. The van der Waals surface area contributed by atoms with Crippen molar-refractivity contribution in [2.24, 2.45) is 0 Å². The van der Waals surface area contributed by atoms with Gasteiger partial charge < -0.3 is 19.5 Å². The summed E-state index contributed by atoms with van der Waals surface area (Å²) < 4.78 is 33.5. The van der Waals surface area contributed by atoms with Gasteiger partial charge in [0.1, 0.15) is 5.75 Å². The molecule has 0 bridgehead atoms. The fraction of sp³-hybridized carbons (Fsp3) is 0.429. The minimum absolute atomic E-state index is 0.121. The molecule has 0 spiro atoms. The Morgan fingerprint density at radius 1 is 1.47 bits per heavy atom. The Labute approximate surface area is 183 Å². The second kappa shape index (κ2) is 9.61. The maximum atomic E-state index is 13.2. The first-order valence-corrected chi connectivity index (χ1v) is 12.0. The Bertz CT molecular complexity index is 1010. The van der Waals surface area contributed by atoms with Crippen molar-refractivity contribution in [1.29, 1.82) is 0 Å². The molecule has 30 heavy (non-hydrogen) atoms. The van der Waals surface area contributed by atoms with Gasteiger partial charge in [-0.25, -0.2) is 13.4 Å². The van der Waals surface area contributed by atoms with Crippen LogP contribution in [-0.2, 0) is 22.1 Å². The molecule has 9 heteroatoms. The summed E-state index contributed by atoms with van der Waals surface area (Å²) in [6, 6.07) is 7.27. The molecule has 1 N–H and O–H groups in total. The van der Waals surface area contributed by atoms with Gasteiger partial charge in [-0.3, -0.25) is 0 Å². The van der Waals surface area contributed by atoms with Gasteiger partial charge in [0.25, 0.3) is 0 Å². The van der Waals surface area contributed by atoms with Crippen LogP contribution in [0.15, 0.2) is 48.3 Å². The summed E-state index contributed by atoms with van der Waals surface area (Å²) >= 11 is 5.46. The van der Waals surface area contributed by atoms with Gasteiger partial charge in [-0.2, -0.15) is 0 Å². The topological polar surface area (TPSA) is 76.5 Å². The summed E-state index contributed by atoms with van der Waals surface area (Å²) in [5.41, 5.74) is 1.51. The second-order valence-electron chi connectivity index (χ2n) is 7.25. The van der Waals surface area contributed by atoms with Crippen LogP contribution in [0.2, 0.25) is 0 Å². The van der Waals surface area contributed by atoms with Gasteiger partial charge in [0.05, 0.1) is 31.3 Å². The van der Waals surface area contributed by atoms with Gasteiger partial charge in [-0.05, 0) is 49.7 Å². The van der Waals surface area contributed by atoms with Crippen LogP contribution < -0.4 is 10.1 Å². The molecule has 1 aromatic carbocycles. The number of imidazole rings is 1. The van der Waals surface area contributed by atoms with E-state index in [9.17, 15) is 8.42 Å². The molecule has 0 amide bonds. The Balaban J connectivity index is 1.89. The summed E-state index contributed by atoms with van der Waals surface area (Å²) in [6.45, 7) is 7.53. The van der Waals surface area contributed by atoms with E-state index >= 15 is 0 Å². The normalized spacial score (nSPS) is 13.7. The third kappa shape index (κ3) is 5.20. The number of sulfone groups is 1. The smallest absolute Gasteiger partial charge is 0.228 e. The van der Waals surface area contributed by atoms with Crippen molar-refractivity contribution in [3.63, 3.8) is 0 Å². The monoisotopic (exact) mass is 448 g/mol. The van der Waals surface area contributed by atoms with Gasteiger partial charge in [-0.15, -0.1) is 6.58 Å². The molecule has 7 nitrogen and oxygen atoms in total. The number of ether oxygens (including phenoxy) is 1. The highest BCUT2D eigenvalue weighted by Gasteiger charge is 2.33. The number of methoxy groups -OCH3 is 1. The van der Waals surface area contributed by atoms with Crippen LogP contribution >= 0.6 is 12.2 Å². The number of benzene rings is 1. The van der Waals surface area contributed by atoms with E-state index in [0.717, 1.165) is 18.5 Å². The van der Waals surface area contributed by atoms with Crippen LogP contribution in [0, 0.1) is 0 Å². The summed E-state index contributed by atoms with van der Waals surface area (Å²) in [6.07, 6.45) is 5.33. The number of thiocarbonyl (C=S) groups is 1. The van der Waals surface area contributed by atoms with Crippen LogP contribution in [0.25, 0.3) is 0 Å². The van der Waals surface area contributed by atoms with Crippen molar-refractivity contribution < 1.29 is 13.2 Å². The van der Waals surface area contributed by atoms with Crippen LogP contribution in [0.4, 0.5) is 0 Å².